The third-order valence-electron chi connectivity index (χ3n) is 2.02. The Kier molecular flexibility index (Phi) is 2.09. The summed E-state index contributed by atoms with van der Waals surface area (Å²) in [6.45, 7) is 0. The van der Waals surface area contributed by atoms with Gasteiger partial charge in [0.25, 0.3) is 0 Å². The highest BCUT2D eigenvalue weighted by Crippen LogP contribution is 2.20. The number of anilines is 1. The third-order valence-corrected chi connectivity index (χ3v) is 2.96. The smallest absolute Gasteiger partial charge is 0.241 e. The zero-order valence-corrected chi connectivity index (χ0v) is 8.53. The minimum absolute atomic E-state index is 0.0730. The van der Waals surface area contributed by atoms with Gasteiger partial charge in [-0.2, -0.15) is 0 Å². The van der Waals surface area contributed by atoms with Gasteiger partial charge in [0.05, 0.1) is 5.52 Å². The predicted octanol–water partition coefficient (Wildman–Crippen LogP) is 0.464. The lowest BCUT2D eigenvalue weighted by atomic mass is 10.2. The number of fused-ring (bicyclic) bond motifs is 1. The normalized spacial score (nSPS) is 11.8. The Hall–Kier alpha value is -1.66. The number of primary sulfonamides is 1. The first-order chi connectivity index (χ1) is 6.98. The van der Waals surface area contributed by atoms with E-state index >= 15 is 0 Å². The van der Waals surface area contributed by atoms with Crippen LogP contribution in [0.5, 0.6) is 0 Å². The first-order valence-corrected chi connectivity index (χ1v) is 5.71. The maximum atomic E-state index is 11.2. The van der Waals surface area contributed by atoms with E-state index in [1.54, 1.807) is 24.3 Å². The van der Waals surface area contributed by atoms with E-state index in [9.17, 15) is 8.42 Å². The summed E-state index contributed by atoms with van der Waals surface area (Å²) >= 11 is 0. The summed E-state index contributed by atoms with van der Waals surface area (Å²) in [5.41, 5.74) is 6.14. The summed E-state index contributed by atoms with van der Waals surface area (Å²) in [7, 11) is -3.81. The van der Waals surface area contributed by atoms with E-state index in [0.29, 0.717) is 10.9 Å². The molecule has 78 valence electrons. The second-order valence-electron chi connectivity index (χ2n) is 3.11. The Morgan fingerprint density at radius 3 is 2.53 bits per heavy atom. The molecule has 0 spiro atoms. The minimum atomic E-state index is -3.81. The molecule has 1 heterocycles. The van der Waals surface area contributed by atoms with Gasteiger partial charge in [0.15, 0.2) is 0 Å². The predicted molar refractivity (Wildman–Crippen MR) is 57.5 cm³/mol. The summed E-state index contributed by atoms with van der Waals surface area (Å²) in [6, 6.07) is 8.50. The van der Waals surface area contributed by atoms with E-state index in [0.717, 1.165) is 0 Å². The van der Waals surface area contributed by atoms with Crippen LogP contribution in [0.4, 0.5) is 5.82 Å². The van der Waals surface area contributed by atoms with Gasteiger partial charge in [0.1, 0.15) is 10.7 Å². The van der Waals surface area contributed by atoms with E-state index in [1.807, 2.05) is 0 Å². The van der Waals surface area contributed by atoms with E-state index in [4.69, 9.17) is 10.9 Å². The average molecular weight is 223 g/mol. The molecule has 0 bridgehead atoms. The lowest BCUT2D eigenvalue weighted by molar-refractivity contribution is 0.598. The van der Waals surface area contributed by atoms with Gasteiger partial charge in [-0.1, -0.05) is 18.2 Å². The zero-order valence-electron chi connectivity index (χ0n) is 7.71. The quantitative estimate of drug-likeness (QED) is 0.733. The topological polar surface area (TPSA) is 99.1 Å². The van der Waals surface area contributed by atoms with Crippen molar-refractivity contribution in [3.63, 3.8) is 0 Å². The monoisotopic (exact) mass is 223 g/mol. The molecule has 0 aliphatic carbocycles. The molecular formula is C9H9N3O2S. The van der Waals surface area contributed by atoms with Crippen LogP contribution in [0.15, 0.2) is 35.2 Å². The molecule has 0 radical (unpaired) electrons. The molecule has 0 atom stereocenters. The van der Waals surface area contributed by atoms with E-state index in [2.05, 4.69) is 4.98 Å². The summed E-state index contributed by atoms with van der Waals surface area (Å²) in [6.07, 6.45) is 0. The van der Waals surface area contributed by atoms with Crippen LogP contribution in [-0.4, -0.2) is 13.4 Å². The van der Waals surface area contributed by atoms with Crippen molar-refractivity contribution >= 4 is 26.7 Å². The molecule has 15 heavy (non-hydrogen) atoms. The van der Waals surface area contributed by atoms with E-state index < -0.39 is 10.0 Å². The van der Waals surface area contributed by atoms with Crippen molar-refractivity contribution < 1.29 is 8.42 Å². The van der Waals surface area contributed by atoms with Gasteiger partial charge >= 0.3 is 0 Å². The van der Waals surface area contributed by atoms with Crippen LogP contribution < -0.4 is 10.9 Å². The number of nitrogen functional groups attached to an aromatic ring is 1. The molecule has 6 heteroatoms. The molecular weight excluding hydrogens is 214 g/mol. The number of sulfonamides is 1. The van der Waals surface area contributed by atoms with Crippen LogP contribution in [0, 0.1) is 0 Å². The highest BCUT2D eigenvalue weighted by molar-refractivity contribution is 7.89. The number of aromatic nitrogens is 1. The first-order valence-electron chi connectivity index (χ1n) is 4.16. The van der Waals surface area contributed by atoms with Crippen molar-refractivity contribution in [3.05, 3.63) is 30.3 Å². The van der Waals surface area contributed by atoms with Crippen LogP contribution in [0.25, 0.3) is 10.9 Å². The van der Waals surface area contributed by atoms with E-state index in [-0.39, 0.29) is 10.7 Å². The number of nitrogens with two attached hydrogens (primary N) is 2. The summed E-state index contributed by atoms with van der Waals surface area (Å²) in [5.74, 6) is -0.0730. The summed E-state index contributed by atoms with van der Waals surface area (Å²) in [4.78, 5) is 3.82. The molecule has 2 rings (SSSR count). The molecule has 0 saturated heterocycles. The molecule has 0 aliphatic heterocycles. The molecule has 0 aliphatic rings. The fraction of sp³-hybridized carbons (Fsp3) is 0. The molecule has 0 amide bonds. The number of nitrogens with zero attached hydrogens (tertiary/aromatic N) is 1. The van der Waals surface area contributed by atoms with Gasteiger partial charge in [-0.05, 0) is 12.1 Å². The molecule has 0 fully saturated rings. The number of rotatable bonds is 1. The lowest BCUT2D eigenvalue weighted by Crippen LogP contribution is -2.15. The van der Waals surface area contributed by atoms with Crippen LogP contribution >= 0.6 is 0 Å². The molecule has 4 N–H and O–H groups in total. The Bertz CT molecular complexity index is 622. The largest absolute Gasteiger partial charge is 0.383 e. The van der Waals surface area contributed by atoms with Gasteiger partial charge in [0, 0.05) is 5.39 Å². The fourth-order valence-corrected chi connectivity index (χ4v) is 1.97. The molecule has 1 aromatic heterocycles. The maximum Gasteiger partial charge on any atom is 0.241 e. The van der Waals surface area contributed by atoms with Gasteiger partial charge in [-0.25, -0.2) is 18.5 Å². The van der Waals surface area contributed by atoms with Crippen molar-refractivity contribution in [2.24, 2.45) is 5.14 Å². The number of hydrogen-bond donors (Lipinski definition) is 2. The second kappa shape index (κ2) is 3.18. The van der Waals surface area contributed by atoms with Crippen LogP contribution in [-0.2, 0) is 10.0 Å². The van der Waals surface area contributed by atoms with Gasteiger partial charge in [-0.3, -0.25) is 0 Å². The maximum absolute atomic E-state index is 11.2. The number of hydrogen-bond acceptors (Lipinski definition) is 4. The first kappa shape index (κ1) is 9.88. The molecule has 2 aromatic rings. The minimum Gasteiger partial charge on any atom is -0.383 e. The highest BCUT2D eigenvalue weighted by Gasteiger charge is 2.14. The van der Waals surface area contributed by atoms with Crippen LogP contribution in [0.1, 0.15) is 0 Å². The highest BCUT2D eigenvalue weighted by atomic mass is 32.2. The Morgan fingerprint density at radius 1 is 1.20 bits per heavy atom. The second-order valence-corrected chi connectivity index (χ2v) is 4.64. The Morgan fingerprint density at radius 2 is 1.87 bits per heavy atom. The van der Waals surface area contributed by atoms with Crippen molar-refractivity contribution in [2.75, 3.05) is 5.73 Å². The average Bonchev–Trinajstić information content (AvgIpc) is 2.15. The zero-order chi connectivity index (χ0) is 11.1. The SMILES string of the molecule is Nc1nc2ccccc2cc1S(N)(=O)=O. The molecule has 0 saturated carbocycles. The van der Waals surface area contributed by atoms with Crippen molar-refractivity contribution in [2.45, 2.75) is 4.90 Å². The molecule has 0 unspecified atom stereocenters. The summed E-state index contributed by atoms with van der Waals surface area (Å²) in [5, 5.41) is 5.69. The number of pyridine rings is 1. The Balaban J connectivity index is 2.84. The fourth-order valence-electron chi connectivity index (χ4n) is 1.34. The lowest BCUT2D eigenvalue weighted by Gasteiger charge is -2.04. The van der Waals surface area contributed by atoms with Crippen molar-refractivity contribution in [1.29, 1.82) is 0 Å². The van der Waals surface area contributed by atoms with Gasteiger partial charge in [0.2, 0.25) is 10.0 Å². The van der Waals surface area contributed by atoms with Gasteiger partial charge < -0.3 is 5.73 Å². The van der Waals surface area contributed by atoms with Crippen LogP contribution in [0.2, 0.25) is 0 Å². The number of benzene rings is 1. The van der Waals surface area contributed by atoms with Crippen molar-refractivity contribution in [1.82, 2.24) is 4.98 Å². The third kappa shape index (κ3) is 1.77. The number of para-hydroxylation sites is 1. The van der Waals surface area contributed by atoms with E-state index in [1.165, 1.54) is 6.07 Å². The van der Waals surface area contributed by atoms with Crippen molar-refractivity contribution in [3.8, 4) is 0 Å². The molecule has 5 nitrogen and oxygen atoms in total. The Labute approximate surface area is 86.8 Å². The summed E-state index contributed by atoms with van der Waals surface area (Å²) < 4.78 is 22.3. The van der Waals surface area contributed by atoms with Gasteiger partial charge in [-0.15, -0.1) is 0 Å². The van der Waals surface area contributed by atoms with Crippen LogP contribution in [0.3, 0.4) is 0 Å². The standard InChI is InChI=1S/C9H9N3O2S/c10-9-8(15(11,13)14)5-6-3-1-2-4-7(6)12-9/h1-5H,(H2,10,12)(H2,11,13,14). The molecule has 1 aromatic carbocycles.